The number of hydrogen-bond acceptors (Lipinski definition) is 4. The van der Waals surface area contributed by atoms with Gasteiger partial charge in [0.25, 0.3) is 0 Å². The maximum Gasteiger partial charge on any atom is 0.241 e. The van der Waals surface area contributed by atoms with Crippen LogP contribution in [0, 0.1) is 11.6 Å². The van der Waals surface area contributed by atoms with Crippen molar-refractivity contribution in [2.24, 2.45) is 5.73 Å². The van der Waals surface area contributed by atoms with E-state index in [4.69, 9.17) is 10.7 Å². The summed E-state index contributed by atoms with van der Waals surface area (Å²) in [6, 6.07) is 12.3. The first-order valence-corrected chi connectivity index (χ1v) is 10.2. The van der Waals surface area contributed by atoms with Crippen molar-refractivity contribution >= 4 is 23.9 Å². The molecule has 0 unspecified atom stereocenters. The average Bonchev–Trinajstić information content (AvgIpc) is 3.08. The monoisotopic (exact) mass is 426 g/mol. The lowest BCUT2D eigenvalue weighted by Gasteiger charge is -2.38. The molecule has 5 nitrogen and oxygen atoms in total. The van der Waals surface area contributed by atoms with Crippen LogP contribution in [0.5, 0.6) is 0 Å². The van der Waals surface area contributed by atoms with Crippen LogP contribution in [-0.4, -0.2) is 26.9 Å². The number of imidazole rings is 1. The maximum atomic E-state index is 13.8. The maximum absolute atomic E-state index is 13.8. The molecular formula is C22H20F2N4OS. The van der Waals surface area contributed by atoms with E-state index in [0.29, 0.717) is 16.4 Å². The third kappa shape index (κ3) is 3.53. The molecular weight excluding hydrogens is 406 g/mol. The Morgan fingerprint density at radius 1 is 1.10 bits per heavy atom. The quantitative estimate of drug-likeness (QED) is 0.670. The Kier molecular flexibility index (Phi) is 5.21. The van der Waals surface area contributed by atoms with Crippen LogP contribution >= 0.6 is 11.8 Å². The number of amides is 1. The molecule has 1 aliphatic heterocycles. The van der Waals surface area contributed by atoms with Gasteiger partial charge in [-0.25, -0.2) is 13.8 Å². The fourth-order valence-corrected chi connectivity index (χ4v) is 4.49. The summed E-state index contributed by atoms with van der Waals surface area (Å²) in [7, 11) is 0. The number of rotatable bonds is 4. The Morgan fingerprint density at radius 2 is 1.83 bits per heavy atom. The third-order valence-electron chi connectivity index (χ3n) is 4.95. The van der Waals surface area contributed by atoms with Gasteiger partial charge in [-0.05, 0) is 56.3 Å². The van der Waals surface area contributed by atoms with Crippen molar-refractivity contribution in [1.29, 1.82) is 0 Å². The molecule has 154 valence electrons. The number of fused-ring (bicyclic) bond motifs is 1. The zero-order chi connectivity index (χ0) is 21.5. The summed E-state index contributed by atoms with van der Waals surface area (Å²) in [6.07, 6.45) is 3.42. The summed E-state index contributed by atoms with van der Waals surface area (Å²) in [5.41, 5.74) is 6.15. The second kappa shape index (κ2) is 7.70. The molecule has 0 bridgehead atoms. The number of nitrogens with two attached hydrogens (primary N) is 1. The van der Waals surface area contributed by atoms with Crippen molar-refractivity contribution in [3.8, 4) is 11.3 Å². The Balaban J connectivity index is 1.89. The van der Waals surface area contributed by atoms with Crippen molar-refractivity contribution in [1.82, 2.24) is 14.5 Å². The molecule has 4 rings (SSSR count). The highest BCUT2D eigenvalue weighted by Crippen LogP contribution is 2.42. The molecule has 30 heavy (non-hydrogen) atoms. The van der Waals surface area contributed by atoms with Gasteiger partial charge in [0.15, 0.2) is 0 Å². The summed E-state index contributed by atoms with van der Waals surface area (Å²) in [6.45, 7) is 3.64. The van der Waals surface area contributed by atoms with E-state index >= 15 is 0 Å². The molecule has 0 fully saturated rings. The largest absolute Gasteiger partial charge is 0.322 e. The summed E-state index contributed by atoms with van der Waals surface area (Å²) >= 11 is 1.35. The molecule has 1 aromatic heterocycles. The van der Waals surface area contributed by atoms with E-state index in [-0.39, 0.29) is 24.1 Å². The fraction of sp³-hybridized carbons (Fsp3) is 0.182. The van der Waals surface area contributed by atoms with E-state index in [1.165, 1.54) is 36.0 Å². The minimum atomic E-state index is -0.763. The topological polar surface area (TPSA) is 64.2 Å². The third-order valence-corrected chi connectivity index (χ3v) is 6.03. The molecule has 2 aromatic carbocycles. The van der Waals surface area contributed by atoms with Gasteiger partial charge in [0.1, 0.15) is 33.7 Å². The minimum Gasteiger partial charge on any atom is -0.322 e. The standard InChI is InChI=1S/C22H20F2N4OS/c1-22(2)21-26-19(14-6-8-15(23)9-7-14)20(30-17-5-3-4-16(24)12-17)27(21)10-11-28(22)18(29)13-25/h3-12H,13,25H2,1-2H3. The number of carbonyl (C=O) groups is 1. The zero-order valence-corrected chi connectivity index (χ0v) is 17.3. The van der Waals surface area contributed by atoms with Gasteiger partial charge in [0, 0.05) is 22.9 Å². The van der Waals surface area contributed by atoms with Crippen molar-refractivity contribution < 1.29 is 13.6 Å². The Labute approximate surface area is 177 Å². The van der Waals surface area contributed by atoms with E-state index in [1.807, 2.05) is 24.5 Å². The van der Waals surface area contributed by atoms with Crippen molar-refractivity contribution in [2.75, 3.05) is 6.54 Å². The van der Waals surface area contributed by atoms with E-state index in [2.05, 4.69) is 0 Å². The molecule has 2 N–H and O–H groups in total. The van der Waals surface area contributed by atoms with Crippen LogP contribution in [0.2, 0.25) is 0 Å². The highest BCUT2D eigenvalue weighted by Gasteiger charge is 2.39. The van der Waals surface area contributed by atoms with Gasteiger partial charge in [-0.15, -0.1) is 0 Å². The molecule has 3 aromatic rings. The predicted molar refractivity (Wildman–Crippen MR) is 112 cm³/mol. The van der Waals surface area contributed by atoms with Gasteiger partial charge in [-0.2, -0.15) is 0 Å². The van der Waals surface area contributed by atoms with Crippen LogP contribution in [0.3, 0.4) is 0 Å². The van der Waals surface area contributed by atoms with Crippen LogP contribution < -0.4 is 5.73 Å². The molecule has 0 radical (unpaired) electrons. The first kappa shape index (κ1) is 20.3. The number of aromatic nitrogens is 2. The smallest absolute Gasteiger partial charge is 0.241 e. The van der Waals surface area contributed by atoms with Crippen LogP contribution in [0.15, 0.2) is 64.7 Å². The van der Waals surface area contributed by atoms with Crippen LogP contribution in [0.25, 0.3) is 17.5 Å². The second-order valence-electron chi connectivity index (χ2n) is 7.35. The molecule has 0 saturated heterocycles. The van der Waals surface area contributed by atoms with Crippen molar-refractivity contribution in [3.63, 3.8) is 0 Å². The Hall–Kier alpha value is -2.97. The average molecular weight is 426 g/mol. The van der Waals surface area contributed by atoms with E-state index in [0.717, 1.165) is 10.6 Å². The molecule has 0 aliphatic carbocycles. The molecule has 0 atom stereocenters. The van der Waals surface area contributed by atoms with Gasteiger partial charge in [-0.3, -0.25) is 9.36 Å². The minimum absolute atomic E-state index is 0.121. The van der Waals surface area contributed by atoms with Gasteiger partial charge in [0.2, 0.25) is 5.91 Å². The summed E-state index contributed by atoms with van der Waals surface area (Å²) in [4.78, 5) is 19.4. The van der Waals surface area contributed by atoms with Gasteiger partial charge >= 0.3 is 0 Å². The van der Waals surface area contributed by atoms with Crippen LogP contribution in [0.1, 0.15) is 19.7 Å². The number of carbonyl (C=O) groups excluding carboxylic acids is 1. The normalized spacial score (nSPS) is 14.6. The highest BCUT2D eigenvalue weighted by molar-refractivity contribution is 7.99. The van der Waals surface area contributed by atoms with Crippen molar-refractivity contribution in [3.05, 3.63) is 72.2 Å². The van der Waals surface area contributed by atoms with Gasteiger partial charge in [-0.1, -0.05) is 17.8 Å². The van der Waals surface area contributed by atoms with E-state index in [9.17, 15) is 13.6 Å². The van der Waals surface area contributed by atoms with Crippen LogP contribution in [0.4, 0.5) is 8.78 Å². The Bertz CT molecular complexity index is 1140. The first-order valence-electron chi connectivity index (χ1n) is 9.34. The van der Waals surface area contributed by atoms with Gasteiger partial charge in [0.05, 0.1) is 6.54 Å². The van der Waals surface area contributed by atoms with Crippen LogP contribution in [-0.2, 0) is 10.3 Å². The molecule has 0 saturated carbocycles. The molecule has 1 amide bonds. The van der Waals surface area contributed by atoms with Gasteiger partial charge < -0.3 is 10.6 Å². The predicted octanol–water partition coefficient (Wildman–Crippen LogP) is 4.44. The lowest BCUT2D eigenvalue weighted by atomic mass is 10.0. The summed E-state index contributed by atoms with van der Waals surface area (Å²) in [5, 5.41) is 0.742. The second-order valence-corrected chi connectivity index (χ2v) is 8.41. The summed E-state index contributed by atoms with van der Waals surface area (Å²) in [5.74, 6) is -0.280. The number of benzene rings is 2. The zero-order valence-electron chi connectivity index (χ0n) is 16.5. The lowest BCUT2D eigenvalue weighted by Crippen LogP contribution is -2.47. The molecule has 8 heteroatoms. The van der Waals surface area contributed by atoms with E-state index in [1.54, 1.807) is 35.5 Å². The first-order chi connectivity index (χ1) is 14.3. The SMILES string of the molecule is CC1(C)c2nc(-c3ccc(F)cc3)c(Sc3cccc(F)c3)n2C=CN1C(=O)CN. The lowest BCUT2D eigenvalue weighted by molar-refractivity contribution is -0.132. The number of hydrogen-bond donors (Lipinski definition) is 1. The fourth-order valence-electron chi connectivity index (χ4n) is 3.44. The molecule has 2 heterocycles. The highest BCUT2D eigenvalue weighted by atomic mass is 32.2. The summed E-state index contributed by atoms with van der Waals surface area (Å²) < 4.78 is 29.1. The molecule has 1 aliphatic rings. The van der Waals surface area contributed by atoms with Crippen molar-refractivity contribution in [2.45, 2.75) is 29.3 Å². The Morgan fingerprint density at radius 3 is 2.50 bits per heavy atom. The number of nitrogens with zero attached hydrogens (tertiary/aromatic N) is 3. The number of halogens is 2. The molecule has 0 spiro atoms. The van der Waals surface area contributed by atoms with E-state index < -0.39 is 5.54 Å².